The predicted molar refractivity (Wildman–Crippen MR) is 174 cm³/mol. The van der Waals surface area contributed by atoms with Gasteiger partial charge in [-0.15, -0.1) is 0 Å². The van der Waals surface area contributed by atoms with Crippen LogP contribution >= 0.6 is 23.2 Å². The van der Waals surface area contributed by atoms with Crippen LogP contribution < -0.4 is 14.4 Å². The van der Waals surface area contributed by atoms with E-state index in [1.165, 1.54) is 48.4 Å². The van der Waals surface area contributed by atoms with Gasteiger partial charge < -0.3 is 15.0 Å². The summed E-state index contributed by atoms with van der Waals surface area (Å²) in [7, 11) is -2.77. The van der Waals surface area contributed by atoms with Gasteiger partial charge in [-0.2, -0.15) is 0 Å². The third-order valence-corrected chi connectivity index (χ3v) is 9.37. The van der Waals surface area contributed by atoms with Crippen molar-refractivity contribution in [2.24, 2.45) is 0 Å². The number of nitrogens with zero attached hydrogens (tertiary/aromatic N) is 2. The summed E-state index contributed by atoms with van der Waals surface area (Å²) in [6.07, 6.45) is 0.203. The summed E-state index contributed by atoms with van der Waals surface area (Å²) in [4.78, 5) is 29.3. The number of methoxy groups -OCH3 is 1. The van der Waals surface area contributed by atoms with Crippen LogP contribution in [0.25, 0.3) is 0 Å². The summed E-state index contributed by atoms with van der Waals surface area (Å²) in [5, 5.41) is 3.66. The first kappa shape index (κ1) is 32.9. The second-order valence-electron chi connectivity index (χ2n) is 9.88. The van der Waals surface area contributed by atoms with Crippen LogP contribution in [-0.4, -0.2) is 51.4 Å². The van der Waals surface area contributed by atoms with Crippen molar-refractivity contribution in [2.75, 3.05) is 24.5 Å². The zero-order chi connectivity index (χ0) is 31.7. The van der Waals surface area contributed by atoms with E-state index in [1.54, 1.807) is 43.3 Å². The Balaban J connectivity index is 1.80. The lowest BCUT2D eigenvalue weighted by atomic mass is 10.0. The first-order chi connectivity index (χ1) is 21.1. The van der Waals surface area contributed by atoms with Gasteiger partial charge in [0.1, 0.15) is 18.3 Å². The average Bonchev–Trinajstić information content (AvgIpc) is 3.03. The largest absolute Gasteiger partial charge is 0.497 e. The lowest BCUT2D eigenvalue weighted by molar-refractivity contribution is -0.140. The molecule has 0 fully saturated rings. The van der Waals surface area contributed by atoms with E-state index >= 15 is 0 Å². The molecule has 4 aromatic carbocycles. The Morgan fingerprint density at radius 1 is 0.864 bits per heavy atom. The molecule has 0 unspecified atom stereocenters. The van der Waals surface area contributed by atoms with Crippen molar-refractivity contribution in [1.82, 2.24) is 10.2 Å². The molecule has 4 aromatic rings. The van der Waals surface area contributed by atoms with Gasteiger partial charge in [0.2, 0.25) is 11.8 Å². The number of ether oxygens (including phenoxy) is 1. The van der Waals surface area contributed by atoms with E-state index in [0.717, 1.165) is 9.87 Å². The zero-order valence-electron chi connectivity index (χ0n) is 24.3. The smallest absolute Gasteiger partial charge is 0.264 e. The molecule has 0 aromatic heterocycles. The van der Waals surface area contributed by atoms with E-state index in [0.29, 0.717) is 27.9 Å². The van der Waals surface area contributed by atoms with E-state index in [1.807, 2.05) is 30.3 Å². The Kier molecular flexibility index (Phi) is 11.3. The van der Waals surface area contributed by atoms with E-state index in [2.05, 4.69) is 5.32 Å². The highest BCUT2D eigenvalue weighted by Gasteiger charge is 2.34. The molecule has 4 rings (SSSR count). The summed E-state index contributed by atoms with van der Waals surface area (Å²) in [5.41, 5.74) is 1.68. The Morgan fingerprint density at radius 3 is 2.11 bits per heavy atom. The Bertz CT molecular complexity index is 1670. The molecule has 0 saturated carbocycles. The molecular formula is C33H33Cl2N3O5S. The fourth-order valence-corrected chi connectivity index (χ4v) is 6.40. The van der Waals surface area contributed by atoms with Crippen molar-refractivity contribution in [1.29, 1.82) is 0 Å². The zero-order valence-corrected chi connectivity index (χ0v) is 26.6. The van der Waals surface area contributed by atoms with Crippen LogP contribution in [0.5, 0.6) is 5.75 Å². The van der Waals surface area contributed by atoms with E-state index < -0.39 is 28.5 Å². The van der Waals surface area contributed by atoms with Crippen LogP contribution in [0.15, 0.2) is 108 Å². The highest BCUT2D eigenvalue weighted by Crippen LogP contribution is 2.28. The van der Waals surface area contributed by atoms with Crippen LogP contribution in [-0.2, 0) is 32.6 Å². The van der Waals surface area contributed by atoms with Crippen LogP contribution in [0.3, 0.4) is 0 Å². The summed E-state index contributed by atoms with van der Waals surface area (Å²) in [6, 6.07) is 27.4. The first-order valence-corrected chi connectivity index (χ1v) is 16.1. The van der Waals surface area contributed by atoms with Crippen molar-refractivity contribution in [3.63, 3.8) is 0 Å². The Labute approximate surface area is 268 Å². The molecule has 11 heteroatoms. The molecule has 0 radical (unpaired) electrons. The summed E-state index contributed by atoms with van der Waals surface area (Å²) in [5.74, 6) is -0.480. The number of amides is 2. The second kappa shape index (κ2) is 15.1. The number of rotatable bonds is 13. The van der Waals surface area contributed by atoms with Crippen molar-refractivity contribution in [3.8, 4) is 5.75 Å². The molecule has 0 bridgehead atoms. The van der Waals surface area contributed by atoms with Gasteiger partial charge in [0.15, 0.2) is 0 Å². The first-order valence-electron chi connectivity index (χ1n) is 13.9. The van der Waals surface area contributed by atoms with Crippen molar-refractivity contribution in [3.05, 3.63) is 124 Å². The highest BCUT2D eigenvalue weighted by molar-refractivity contribution is 7.92. The number of carbonyl (C=O) groups is 2. The summed E-state index contributed by atoms with van der Waals surface area (Å²) < 4.78 is 34.3. The lowest BCUT2D eigenvalue weighted by Gasteiger charge is -2.34. The van der Waals surface area contributed by atoms with Crippen molar-refractivity contribution < 1.29 is 22.7 Å². The molecule has 230 valence electrons. The minimum absolute atomic E-state index is 0.0236. The summed E-state index contributed by atoms with van der Waals surface area (Å²) in [6.45, 7) is 1.53. The standard InChI is InChI=1S/C33H33Cl2N3O5S/c1-3-36-33(40)31(21-24-9-5-4-6-10-24)37(22-25-11-7-8-12-30(25)35)32(39)23-38(27-15-13-26(34)14-16-27)44(41,42)29-19-17-28(43-2)18-20-29/h4-20,31H,3,21-23H2,1-2H3,(H,36,40)/t31-/m1/s1. The maximum atomic E-state index is 14.4. The number of halogens is 2. The van der Waals surface area contributed by atoms with Crippen LogP contribution in [0.1, 0.15) is 18.1 Å². The second-order valence-corrected chi connectivity index (χ2v) is 12.6. The molecule has 0 aliphatic rings. The minimum Gasteiger partial charge on any atom is -0.497 e. The highest BCUT2D eigenvalue weighted by atomic mass is 35.5. The van der Waals surface area contributed by atoms with Crippen molar-refractivity contribution >= 4 is 50.7 Å². The number of nitrogens with one attached hydrogen (secondary N) is 1. The number of anilines is 1. The molecule has 0 aliphatic carbocycles. The number of likely N-dealkylation sites (N-methyl/N-ethyl adjacent to an activating group) is 1. The van der Waals surface area contributed by atoms with Crippen LogP contribution in [0.4, 0.5) is 5.69 Å². The van der Waals surface area contributed by atoms with Gasteiger partial charge in [0.25, 0.3) is 10.0 Å². The fourth-order valence-electron chi connectivity index (χ4n) is 4.67. The normalized spacial score (nSPS) is 11.8. The SMILES string of the molecule is CCNC(=O)[C@@H](Cc1ccccc1)N(Cc1ccccc1Cl)C(=O)CN(c1ccc(Cl)cc1)S(=O)(=O)c1ccc(OC)cc1. The molecule has 1 N–H and O–H groups in total. The van der Waals surface area contributed by atoms with Gasteiger partial charge in [-0.1, -0.05) is 71.7 Å². The van der Waals surface area contributed by atoms with Gasteiger partial charge in [-0.3, -0.25) is 13.9 Å². The molecule has 1 atom stereocenters. The molecule has 0 heterocycles. The molecule has 0 aliphatic heterocycles. The van der Waals surface area contributed by atoms with E-state index in [-0.39, 0.29) is 29.5 Å². The predicted octanol–water partition coefficient (Wildman–Crippen LogP) is 5.97. The Morgan fingerprint density at radius 2 is 1.50 bits per heavy atom. The topological polar surface area (TPSA) is 96.0 Å². The average molecular weight is 655 g/mol. The van der Waals surface area contributed by atoms with Crippen LogP contribution in [0, 0.1) is 0 Å². The third kappa shape index (κ3) is 8.11. The number of hydrogen-bond donors (Lipinski definition) is 1. The molecule has 0 saturated heterocycles. The number of sulfonamides is 1. The van der Waals surface area contributed by atoms with E-state index in [4.69, 9.17) is 27.9 Å². The quantitative estimate of drug-likeness (QED) is 0.192. The minimum atomic E-state index is -4.26. The maximum absolute atomic E-state index is 14.4. The van der Waals surface area contributed by atoms with Gasteiger partial charge in [-0.25, -0.2) is 8.42 Å². The third-order valence-electron chi connectivity index (χ3n) is 6.96. The molecule has 8 nitrogen and oxygen atoms in total. The molecular weight excluding hydrogens is 621 g/mol. The number of hydrogen-bond acceptors (Lipinski definition) is 5. The Hall–Kier alpha value is -4.05. The summed E-state index contributed by atoms with van der Waals surface area (Å²) >= 11 is 12.6. The van der Waals surface area contributed by atoms with Crippen molar-refractivity contribution in [2.45, 2.75) is 30.8 Å². The van der Waals surface area contributed by atoms with Gasteiger partial charge >= 0.3 is 0 Å². The monoisotopic (exact) mass is 653 g/mol. The molecule has 2 amide bonds. The fraction of sp³-hybridized carbons (Fsp3) is 0.212. The molecule has 0 spiro atoms. The number of carbonyl (C=O) groups excluding carboxylic acids is 2. The molecule has 44 heavy (non-hydrogen) atoms. The van der Waals surface area contributed by atoms with E-state index in [9.17, 15) is 18.0 Å². The maximum Gasteiger partial charge on any atom is 0.264 e. The van der Waals surface area contributed by atoms with Gasteiger partial charge in [0.05, 0.1) is 17.7 Å². The van der Waals surface area contributed by atoms with Gasteiger partial charge in [0, 0.05) is 29.6 Å². The van der Waals surface area contributed by atoms with Gasteiger partial charge in [-0.05, 0) is 72.6 Å². The van der Waals surface area contributed by atoms with Crippen LogP contribution in [0.2, 0.25) is 10.0 Å². The lowest BCUT2D eigenvalue weighted by Crippen LogP contribution is -2.53. The number of benzene rings is 4.